The molecule has 2 saturated heterocycles. The lowest BCUT2D eigenvalue weighted by molar-refractivity contribution is -0.332. The molecule has 15 nitrogen and oxygen atoms in total. The van der Waals surface area contributed by atoms with Gasteiger partial charge in [0.25, 0.3) is 0 Å². The third-order valence-corrected chi connectivity index (χ3v) is 11.4. The normalized spacial score (nSPS) is 27.2. The lowest BCUT2D eigenvalue weighted by atomic mass is 9.98. The monoisotopic (exact) mass is 889 g/mol. The summed E-state index contributed by atoms with van der Waals surface area (Å²) in [5.41, 5.74) is 0. The fourth-order valence-electron chi connectivity index (χ4n) is 7.41. The average molecular weight is 889 g/mol. The molecule has 2 aliphatic heterocycles. The molecule has 2 heterocycles. The molecule has 0 radical (unpaired) electrons. The van der Waals surface area contributed by atoms with E-state index in [-0.39, 0.29) is 26.1 Å². The zero-order chi connectivity index (χ0) is 45.4. The van der Waals surface area contributed by atoms with Gasteiger partial charge in [-0.3, -0.25) is 9.59 Å². The second-order valence-electron chi connectivity index (χ2n) is 16.9. The Labute approximate surface area is 371 Å². The number of rotatable bonds is 36. The van der Waals surface area contributed by atoms with Crippen LogP contribution in [0.15, 0.2) is 24.3 Å². The van der Waals surface area contributed by atoms with E-state index in [4.69, 9.17) is 28.4 Å². The summed E-state index contributed by atoms with van der Waals surface area (Å²) in [6.45, 7) is 2.52. The number of allylic oxidation sites excluding steroid dienone is 4. The first-order chi connectivity index (χ1) is 30.0. The Hall–Kier alpha value is -2.02. The van der Waals surface area contributed by atoms with Crippen LogP contribution in [0.25, 0.3) is 0 Å². The number of carbonyl (C=O) groups is 2. The zero-order valence-electron chi connectivity index (χ0n) is 37.9. The first kappa shape index (κ1) is 56.1. The summed E-state index contributed by atoms with van der Waals surface area (Å²) in [5.74, 6) is -0.939. The van der Waals surface area contributed by atoms with E-state index in [1.165, 1.54) is 64.2 Å². The molecular weight excluding hydrogens is 805 g/mol. The Morgan fingerprint density at radius 3 is 1.55 bits per heavy atom. The molecule has 0 spiro atoms. The van der Waals surface area contributed by atoms with Crippen molar-refractivity contribution >= 4 is 11.9 Å². The third-order valence-electron chi connectivity index (χ3n) is 11.4. The fraction of sp³-hybridized carbons (Fsp3) is 0.872. The molecule has 0 aromatic heterocycles. The van der Waals surface area contributed by atoms with E-state index in [0.29, 0.717) is 12.8 Å². The molecule has 362 valence electrons. The van der Waals surface area contributed by atoms with Gasteiger partial charge in [0.05, 0.1) is 19.8 Å². The van der Waals surface area contributed by atoms with E-state index >= 15 is 0 Å². The summed E-state index contributed by atoms with van der Waals surface area (Å²) < 4.78 is 33.5. The number of esters is 2. The fourth-order valence-corrected chi connectivity index (χ4v) is 7.41. The second kappa shape index (κ2) is 35.3. The van der Waals surface area contributed by atoms with Crippen LogP contribution in [0.5, 0.6) is 0 Å². The van der Waals surface area contributed by atoms with Crippen molar-refractivity contribution in [1.82, 2.24) is 0 Å². The van der Waals surface area contributed by atoms with Gasteiger partial charge in [-0.1, -0.05) is 141 Å². The molecule has 0 amide bonds. The first-order valence-electron chi connectivity index (χ1n) is 23.9. The number of aliphatic hydroxyl groups excluding tert-OH is 7. The Morgan fingerprint density at radius 2 is 0.984 bits per heavy atom. The van der Waals surface area contributed by atoms with Crippen molar-refractivity contribution in [2.45, 2.75) is 235 Å². The highest BCUT2D eigenvalue weighted by atomic mass is 16.7. The summed E-state index contributed by atoms with van der Waals surface area (Å²) >= 11 is 0. The molecule has 4 unspecified atom stereocenters. The van der Waals surface area contributed by atoms with Crippen LogP contribution >= 0.6 is 0 Å². The van der Waals surface area contributed by atoms with Crippen molar-refractivity contribution in [3.63, 3.8) is 0 Å². The zero-order valence-corrected chi connectivity index (χ0v) is 37.9. The number of hydrogen-bond acceptors (Lipinski definition) is 15. The number of ether oxygens (including phenoxy) is 6. The minimum Gasteiger partial charge on any atom is -0.462 e. The Balaban J connectivity index is 1.85. The standard InChI is InChI=1S/C47H84O15/c1-3-5-7-9-11-13-15-17-18-20-22-24-26-28-30-39(50)60-35(32-57-38(49)29-27-25-23-21-19-16-14-12-10-8-6-4-2)33-58-46-45(56)43(54)41(52)37(62-46)34-59-47-44(55)42(53)40(51)36(31-48)61-47/h9,11,15,17,35-37,40-48,51-56H,3-8,10,12-14,16,18-34H2,1-2H3/b11-9+,17-15+/t35-,36-,37-,40+,41+,42?,43?,44?,45?,46-,47-/m1/s1. The Morgan fingerprint density at radius 1 is 0.516 bits per heavy atom. The van der Waals surface area contributed by atoms with E-state index < -0.39 is 92.7 Å². The molecule has 0 aromatic rings. The predicted octanol–water partition coefficient (Wildman–Crippen LogP) is 5.60. The average Bonchev–Trinajstić information content (AvgIpc) is 3.26. The third kappa shape index (κ3) is 23.8. The number of carbonyl (C=O) groups excluding carboxylic acids is 2. The van der Waals surface area contributed by atoms with Gasteiger partial charge < -0.3 is 64.2 Å². The van der Waals surface area contributed by atoms with E-state index in [1.807, 2.05) is 0 Å². The van der Waals surface area contributed by atoms with Crippen LogP contribution in [-0.4, -0.2) is 142 Å². The van der Waals surface area contributed by atoms with Gasteiger partial charge in [-0.05, 0) is 38.5 Å². The number of aliphatic hydroxyl groups is 7. The van der Waals surface area contributed by atoms with Crippen molar-refractivity contribution in [1.29, 1.82) is 0 Å². The lowest BCUT2D eigenvalue weighted by Gasteiger charge is -2.42. The van der Waals surface area contributed by atoms with Crippen LogP contribution in [-0.2, 0) is 38.0 Å². The molecule has 11 atom stereocenters. The van der Waals surface area contributed by atoms with Gasteiger partial charge in [-0.25, -0.2) is 0 Å². The largest absolute Gasteiger partial charge is 0.462 e. The van der Waals surface area contributed by atoms with Gasteiger partial charge in [-0.2, -0.15) is 0 Å². The molecule has 0 bridgehead atoms. The molecule has 2 rings (SSSR count). The minimum atomic E-state index is -1.76. The molecule has 0 aliphatic carbocycles. The second-order valence-corrected chi connectivity index (χ2v) is 16.9. The summed E-state index contributed by atoms with van der Waals surface area (Å²) in [6.07, 6.45) is 16.4. The van der Waals surface area contributed by atoms with Gasteiger partial charge in [0.15, 0.2) is 18.7 Å². The van der Waals surface area contributed by atoms with Crippen molar-refractivity contribution in [3.05, 3.63) is 24.3 Å². The van der Waals surface area contributed by atoms with Crippen molar-refractivity contribution < 1.29 is 73.8 Å². The highest BCUT2D eigenvalue weighted by Gasteiger charge is 2.47. The van der Waals surface area contributed by atoms with Crippen molar-refractivity contribution in [2.75, 3.05) is 26.4 Å². The highest BCUT2D eigenvalue weighted by Crippen LogP contribution is 2.26. The van der Waals surface area contributed by atoms with Gasteiger partial charge in [-0.15, -0.1) is 0 Å². The topological polar surface area (TPSA) is 231 Å². The van der Waals surface area contributed by atoms with Gasteiger partial charge in [0, 0.05) is 12.8 Å². The number of hydrogen-bond donors (Lipinski definition) is 7. The van der Waals surface area contributed by atoms with Gasteiger partial charge in [0.2, 0.25) is 0 Å². The lowest BCUT2D eigenvalue weighted by Crippen LogP contribution is -2.61. The Bertz CT molecular complexity index is 1180. The van der Waals surface area contributed by atoms with E-state index in [0.717, 1.165) is 64.2 Å². The smallest absolute Gasteiger partial charge is 0.306 e. The maximum Gasteiger partial charge on any atom is 0.306 e. The van der Waals surface area contributed by atoms with Crippen molar-refractivity contribution in [2.24, 2.45) is 0 Å². The quantitative estimate of drug-likeness (QED) is 0.0231. The summed E-state index contributed by atoms with van der Waals surface area (Å²) in [6, 6.07) is 0. The van der Waals surface area contributed by atoms with Crippen LogP contribution in [0.2, 0.25) is 0 Å². The maximum atomic E-state index is 12.9. The summed E-state index contributed by atoms with van der Waals surface area (Å²) in [4.78, 5) is 25.6. The van der Waals surface area contributed by atoms with Gasteiger partial charge >= 0.3 is 11.9 Å². The van der Waals surface area contributed by atoms with E-state index in [1.54, 1.807) is 0 Å². The van der Waals surface area contributed by atoms with Crippen LogP contribution < -0.4 is 0 Å². The maximum absolute atomic E-state index is 12.9. The SMILES string of the molecule is CCCC/C=C/C/C=C/CCCCCCCC(=O)O[C@H](COC(=O)CCCCCCCCCCCCCC)CO[C@@H]1O[C@H](CO[C@@H]2O[C@H](CO)[C@H](O)C(O)C2O)[C@H](O)C(O)C1O. The summed E-state index contributed by atoms with van der Waals surface area (Å²) in [7, 11) is 0. The Kier molecular flexibility index (Phi) is 31.9. The van der Waals surface area contributed by atoms with Crippen LogP contribution in [0.4, 0.5) is 0 Å². The van der Waals surface area contributed by atoms with Crippen molar-refractivity contribution in [3.8, 4) is 0 Å². The molecule has 0 saturated carbocycles. The molecular formula is C47H84O15. The molecule has 15 heteroatoms. The van der Waals surface area contributed by atoms with E-state index in [2.05, 4.69) is 38.2 Å². The predicted molar refractivity (Wildman–Crippen MR) is 234 cm³/mol. The number of unbranched alkanes of at least 4 members (excludes halogenated alkanes) is 18. The molecule has 7 N–H and O–H groups in total. The van der Waals surface area contributed by atoms with Crippen LogP contribution in [0.1, 0.15) is 168 Å². The van der Waals surface area contributed by atoms with Crippen LogP contribution in [0, 0.1) is 0 Å². The highest BCUT2D eigenvalue weighted by molar-refractivity contribution is 5.70. The molecule has 0 aromatic carbocycles. The van der Waals surface area contributed by atoms with Gasteiger partial charge in [0.1, 0.15) is 55.4 Å². The summed E-state index contributed by atoms with van der Waals surface area (Å²) in [5, 5.41) is 71.9. The molecule has 62 heavy (non-hydrogen) atoms. The minimum absolute atomic E-state index is 0.151. The van der Waals surface area contributed by atoms with E-state index in [9.17, 15) is 45.3 Å². The van der Waals surface area contributed by atoms with Crippen LogP contribution in [0.3, 0.4) is 0 Å². The first-order valence-corrected chi connectivity index (χ1v) is 23.9. The molecule has 2 aliphatic rings. The molecule has 2 fully saturated rings.